The number of carbonyl (C=O) groups is 1. The lowest BCUT2D eigenvalue weighted by molar-refractivity contribution is -0.114. The number of pyridine rings is 1. The third-order valence-corrected chi connectivity index (χ3v) is 4.30. The molecule has 8 heteroatoms. The molecule has 0 bridgehead atoms. The molecule has 4 rings (SSSR count). The molecule has 2 aromatic heterocycles. The van der Waals surface area contributed by atoms with Crippen molar-refractivity contribution in [1.82, 2.24) is 25.3 Å². The zero-order valence-corrected chi connectivity index (χ0v) is 15.1. The van der Waals surface area contributed by atoms with Crippen LogP contribution in [0.1, 0.15) is 6.92 Å². The van der Waals surface area contributed by atoms with Crippen molar-refractivity contribution in [1.29, 1.82) is 0 Å². The normalized spacial score (nSPS) is 14.9. The topological polar surface area (TPSA) is 86.3 Å². The van der Waals surface area contributed by atoms with E-state index in [2.05, 4.69) is 30.6 Å². The van der Waals surface area contributed by atoms with E-state index < -0.39 is 0 Å². The summed E-state index contributed by atoms with van der Waals surface area (Å²) in [4.78, 5) is 25.0. The minimum Gasteiger partial charge on any atom is -0.314 e. The van der Waals surface area contributed by atoms with Crippen LogP contribution in [-0.2, 0) is 4.79 Å². The van der Waals surface area contributed by atoms with Crippen LogP contribution in [0.15, 0.2) is 48.7 Å². The number of amides is 1. The number of para-hydroxylation sites is 1. The van der Waals surface area contributed by atoms with Crippen LogP contribution < -0.4 is 15.6 Å². The molecule has 0 radical (unpaired) electrons. The molecular formula is C19H21N7O. The van der Waals surface area contributed by atoms with E-state index in [1.165, 1.54) is 6.92 Å². The molecule has 138 valence electrons. The van der Waals surface area contributed by atoms with Crippen molar-refractivity contribution >= 4 is 34.4 Å². The van der Waals surface area contributed by atoms with Crippen LogP contribution in [-0.4, -0.2) is 52.0 Å². The summed E-state index contributed by atoms with van der Waals surface area (Å²) in [6.45, 7) is 4.98. The third kappa shape index (κ3) is 3.86. The Morgan fingerprint density at radius 3 is 2.63 bits per heavy atom. The first-order chi connectivity index (χ1) is 13.2. The number of hydrogen-bond acceptors (Lipinski definition) is 7. The number of nitrogens with zero attached hydrogens (tertiary/aromatic N) is 5. The standard InChI is InChI=1S/C19H21N7O/c1-14(27)22-17-8-7-15-13-21-19(24-18(15)23-17)26(16-5-3-2-4-6-16)25-11-9-20-10-12-25/h2-8,13,20H,9-12H2,1H3,(H,21,22,23,24,27). The monoisotopic (exact) mass is 363 g/mol. The number of fused-ring (bicyclic) bond motifs is 1. The van der Waals surface area contributed by atoms with Crippen LogP contribution in [0.3, 0.4) is 0 Å². The minimum absolute atomic E-state index is 0.164. The van der Waals surface area contributed by atoms with E-state index in [-0.39, 0.29) is 5.91 Å². The molecule has 2 N–H and O–H groups in total. The molecule has 27 heavy (non-hydrogen) atoms. The molecule has 3 aromatic rings. The zero-order chi connectivity index (χ0) is 18.6. The minimum atomic E-state index is -0.164. The smallest absolute Gasteiger partial charge is 0.247 e. The maximum atomic E-state index is 11.3. The molecule has 1 aliphatic heterocycles. The molecule has 0 atom stereocenters. The quantitative estimate of drug-likeness (QED) is 0.732. The van der Waals surface area contributed by atoms with Gasteiger partial charge in [0.25, 0.3) is 0 Å². The molecule has 0 saturated carbocycles. The SMILES string of the molecule is CC(=O)Nc1ccc2cnc(N(c3ccccc3)N3CCNCC3)nc2n1. The summed E-state index contributed by atoms with van der Waals surface area (Å²) in [5, 5.41) is 11.1. The van der Waals surface area contributed by atoms with Gasteiger partial charge in [-0.15, -0.1) is 0 Å². The largest absolute Gasteiger partial charge is 0.314 e. The lowest BCUT2D eigenvalue weighted by Crippen LogP contribution is -2.51. The molecule has 1 amide bonds. The lowest BCUT2D eigenvalue weighted by Gasteiger charge is -2.37. The Kier molecular flexibility index (Phi) is 4.91. The van der Waals surface area contributed by atoms with Crippen molar-refractivity contribution in [2.45, 2.75) is 6.92 Å². The highest BCUT2D eigenvalue weighted by Gasteiger charge is 2.22. The molecule has 1 fully saturated rings. The van der Waals surface area contributed by atoms with Crippen molar-refractivity contribution in [3.8, 4) is 0 Å². The van der Waals surface area contributed by atoms with Gasteiger partial charge in [0.2, 0.25) is 11.9 Å². The van der Waals surface area contributed by atoms with Crippen molar-refractivity contribution in [2.24, 2.45) is 0 Å². The number of piperazine rings is 1. The van der Waals surface area contributed by atoms with Gasteiger partial charge in [0.15, 0.2) is 5.65 Å². The Bertz CT molecular complexity index is 941. The number of carbonyl (C=O) groups excluding carboxylic acids is 1. The van der Waals surface area contributed by atoms with Crippen LogP contribution in [0, 0.1) is 0 Å². The van der Waals surface area contributed by atoms with E-state index in [4.69, 9.17) is 0 Å². The van der Waals surface area contributed by atoms with E-state index >= 15 is 0 Å². The number of hydrogen-bond donors (Lipinski definition) is 2. The van der Waals surface area contributed by atoms with Crippen LogP contribution in [0.5, 0.6) is 0 Å². The number of anilines is 3. The average molecular weight is 363 g/mol. The van der Waals surface area contributed by atoms with E-state index in [1.807, 2.05) is 41.4 Å². The van der Waals surface area contributed by atoms with Crippen molar-refractivity contribution in [2.75, 3.05) is 36.5 Å². The molecular weight excluding hydrogens is 342 g/mol. The molecule has 8 nitrogen and oxygen atoms in total. The van der Waals surface area contributed by atoms with Crippen molar-refractivity contribution < 1.29 is 4.79 Å². The molecule has 1 aliphatic rings. The summed E-state index contributed by atoms with van der Waals surface area (Å²) in [5.41, 5.74) is 1.54. The van der Waals surface area contributed by atoms with Gasteiger partial charge in [0.05, 0.1) is 5.69 Å². The van der Waals surface area contributed by atoms with E-state index in [9.17, 15) is 4.79 Å². The number of benzene rings is 1. The highest BCUT2D eigenvalue weighted by molar-refractivity contribution is 5.89. The third-order valence-electron chi connectivity index (χ3n) is 4.30. The number of aromatic nitrogens is 3. The van der Waals surface area contributed by atoms with Gasteiger partial charge in [-0.25, -0.2) is 20.0 Å². The number of rotatable bonds is 4. The van der Waals surface area contributed by atoms with Gasteiger partial charge in [-0.05, 0) is 24.3 Å². The molecule has 0 spiro atoms. The van der Waals surface area contributed by atoms with Gasteiger partial charge >= 0.3 is 0 Å². The van der Waals surface area contributed by atoms with E-state index in [1.54, 1.807) is 12.3 Å². The van der Waals surface area contributed by atoms with Crippen molar-refractivity contribution in [3.63, 3.8) is 0 Å². The maximum Gasteiger partial charge on any atom is 0.247 e. The first kappa shape index (κ1) is 17.3. The molecule has 0 aliphatic carbocycles. The first-order valence-corrected chi connectivity index (χ1v) is 8.93. The summed E-state index contributed by atoms with van der Waals surface area (Å²) in [5.74, 6) is 0.874. The second-order valence-corrected chi connectivity index (χ2v) is 6.31. The second kappa shape index (κ2) is 7.65. The lowest BCUT2D eigenvalue weighted by atomic mass is 10.3. The highest BCUT2D eigenvalue weighted by atomic mass is 16.1. The zero-order valence-electron chi connectivity index (χ0n) is 15.1. The van der Waals surface area contributed by atoms with Gasteiger partial charge < -0.3 is 10.6 Å². The van der Waals surface area contributed by atoms with Crippen molar-refractivity contribution in [3.05, 3.63) is 48.7 Å². The second-order valence-electron chi connectivity index (χ2n) is 6.31. The Morgan fingerprint density at radius 1 is 1.11 bits per heavy atom. The van der Waals surface area contributed by atoms with Gasteiger partial charge in [-0.3, -0.25) is 4.79 Å². The van der Waals surface area contributed by atoms with Crippen LogP contribution in [0.25, 0.3) is 11.0 Å². The van der Waals surface area contributed by atoms with Gasteiger partial charge in [-0.2, -0.15) is 4.98 Å². The van der Waals surface area contributed by atoms with Crippen LogP contribution in [0.2, 0.25) is 0 Å². The average Bonchev–Trinajstić information content (AvgIpc) is 2.69. The van der Waals surface area contributed by atoms with Crippen LogP contribution in [0.4, 0.5) is 17.5 Å². The van der Waals surface area contributed by atoms with E-state index in [0.29, 0.717) is 17.4 Å². The summed E-state index contributed by atoms with van der Waals surface area (Å²) in [6.07, 6.45) is 1.76. The summed E-state index contributed by atoms with van der Waals surface area (Å²) in [6, 6.07) is 13.7. The maximum absolute atomic E-state index is 11.3. The molecule has 1 aromatic carbocycles. The molecule has 3 heterocycles. The number of hydrazine groups is 1. The Balaban J connectivity index is 1.76. The van der Waals surface area contributed by atoms with Gasteiger partial charge in [-0.1, -0.05) is 18.2 Å². The van der Waals surface area contributed by atoms with E-state index in [0.717, 1.165) is 37.3 Å². The fraction of sp³-hybridized carbons (Fsp3) is 0.263. The summed E-state index contributed by atoms with van der Waals surface area (Å²) < 4.78 is 0. The fourth-order valence-corrected chi connectivity index (χ4v) is 3.08. The predicted molar refractivity (Wildman–Crippen MR) is 105 cm³/mol. The first-order valence-electron chi connectivity index (χ1n) is 8.93. The summed E-state index contributed by atoms with van der Waals surface area (Å²) >= 11 is 0. The fourth-order valence-electron chi connectivity index (χ4n) is 3.08. The molecule has 1 saturated heterocycles. The predicted octanol–water partition coefficient (Wildman–Crippen LogP) is 1.94. The number of nitrogens with one attached hydrogen (secondary N) is 2. The van der Waals surface area contributed by atoms with Crippen LogP contribution >= 0.6 is 0 Å². The van der Waals surface area contributed by atoms with Gasteiger partial charge in [0.1, 0.15) is 5.82 Å². The Morgan fingerprint density at radius 2 is 1.89 bits per heavy atom. The summed E-state index contributed by atoms with van der Waals surface area (Å²) in [7, 11) is 0. The van der Waals surface area contributed by atoms with Gasteiger partial charge in [0, 0.05) is 44.7 Å². The Hall–Kier alpha value is -3.10. The highest BCUT2D eigenvalue weighted by Crippen LogP contribution is 2.26. The Labute approximate surface area is 157 Å². The molecule has 0 unspecified atom stereocenters.